The zero-order valence-corrected chi connectivity index (χ0v) is 15.7. The number of methoxy groups -OCH3 is 1. The molecule has 2 N–H and O–H groups in total. The predicted molar refractivity (Wildman–Crippen MR) is 107 cm³/mol. The summed E-state index contributed by atoms with van der Waals surface area (Å²) in [6, 6.07) is 22.5. The highest BCUT2D eigenvalue weighted by Gasteiger charge is 2.22. The van der Waals surface area contributed by atoms with Crippen molar-refractivity contribution in [2.45, 2.75) is 19.1 Å². The van der Waals surface area contributed by atoms with E-state index >= 15 is 0 Å². The molecule has 144 valence electrons. The van der Waals surface area contributed by atoms with E-state index < -0.39 is 24.0 Å². The molecule has 0 aliphatic heterocycles. The van der Waals surface area contributed by atoms with Gasteiger partial charge in [0.25, 0.3) is 11.8 Å². The second kappa shape index (κ2) is 9.01. The molecule has 2 unspecified atom stereocenters. The summed E-state index contributed by atoms with van der Waals surface area (Å²) in [4.78, 5) is 24.6. The molecule has 0 fully saturated rings. The number of amides is 2. The van der Waals surface area contributed by atoms with Crippen molar-refractivity contribution in [1.29, 1.82) is 0 Å². The first kappa shape index (κ1) is 19.4. The normalized spacial score (nSPS) is 12.8. The molecule has 28 heavy (non-hydrogen) atoms. The molecule has 0 heterocycles. The number of carbonyl (C=O) groups excluding carboxylic acids is 2. The molecule has 3 aromatic carbocycles. The lowest BCUT2D eigenvalue weighted by molar-refractivity contribution is -0.137. The number of hydrogen-bond acceptors (Lipinski definition) is 4. The van der Waals surface area contributed by atoms with Gasteiger partial charge in [-0.05, 0) is 35.4 Å². The maximum absolute atomic E-state index is 12.3. The zero-order chi connectivity index (χ0) is 19.9. The third-order valence-corrected chi connectivity index (χ3v) is 4.29. The average molecular weight is 378 g/mol. The highest BCUT2D eigenvalue weighted by molar-refractivity contribution is 5.87. The number of hydrogen-bond donors (Lipinski definition) is 2. The van der Waals surface area contributed by atoms with Crippen molar-refractivity contribution in [3.63, 3.8) is 0 Å². The van der Waals surface area contributed by atoms with E-state index in [2.05, 4.69) is 10.9 Å². The molecular formula is C22H22N2O4. The molecule has 0 bridgehead atoms. The van der Waals surface area contributed by atoms with Gasteiger partial charge < -0.3 is 9.47 Å². The van der Waals surface area contributed by atoms with Gasteiger partial charge in [0, 0.05) is 7.11 Å². The Hall–Kier alpha value is -3.38. The average Bonchev–Trinajstić information content (AvgIpc) is 2.73. The van der Waals surface area contributed by atoms with Gasteiger partial charge >= 0.3 is 0 Å². The Morgan fingerprint density at radius 2 is 1.46 bits per heavy atom. The first-order chi connectivity index (χ1) is 13.6. The number of carbonyl (C=O) groups is 2. The van der Waals surface area contributed by atoms with Crippen LogP contribution in [-0.4, -0.2) is 25.0 Å². The number of benzene rings is 3. The van der Waals surface area contributed by atoms with E-state index in [1.807, 2.05) is 54.6 Å². The first-order valence-corrected chi connectivity index (χ1v) is 8.91. The zero-order valence-electron chi connectivity index (χ0n) is 15.7. The highest BCUT2D eigenvalue weighted by atomic mass is 16.5. The Balaban J connectivity index is 1.56. The van der Waals surface area contributed by atoms with Crippen LogP contribution >= 0.6 is 0 Å². The van der Waals surface area contributed by atoms with Gasteiger partial charge in [0.15, 0.2) is 12.2 Å². The van der Waals surface area contributed by atoms with Gasteiger partial charge in [0.1, 0.15) is 5.75 Å². The van der Waals surface area contributed by atoms with E-state index in [1.165, 1.54) is 7.11 Å². The number of ether oxygens (including phenoxy) is 2. The van der Waals surface area contributed by atoms with Crippen molar-refractivity contribution in [1.82, 2.24) is 10.9 Å². The summed E-state index contributed by atoms with van der Waals surface area (Å²) < 4.78 is 10.9. The van der Waals surface area contributed by atoms with E-state index in [4.69, 9.17) is 9.47 Å². The maximum Gasteiger partial charge on any atom is 0.279 e. The van der Waals surface area contributed by atoms with E-state index in [-0.39, 0.29) is 0 Å². The molecule has 0 saturated heterocycles. The van der Waals surface area contributed by atoms with Crippen LogP contribution in [0.5, 0.6) is 5.75 Å². The molecule has 0 saturated carbocycles. The third-order valence-electron chi connectivity index (χ3n) is 4.29. The van der Waals surface area contributed by atoms with Crippen LogP contribution in [0.2, 0.25) is 0 Å². The van der Waals surface area contributed by atoms with Crippen molar-refractivity contribution in [2.24, 2.45) is 0 Å². The molecule has 2 atom stereocenters. The Kier molecular flexibility index (Phi) is 6.24. The van der Waals surface area contributed by atoms with Crippen molar-refractivity contribution >= 4 is 22.6 Å². The van der Waals surface area contributed by atoms with Crippen LogP contribution in [0.1, 0.15) is 18.6 Å². The van der Waals surface area contributed by atoms with Crippen LogP contribution in [0.25, 0.3) is 10.8 Å². The summed E-state index contributed by atoms with van der Waals surface area (Å²) >= 11 is 0. The van der Waals surface area contributed by atoms with E-state index in [1.54, 1.807) is 25.1 Å². The van der Waals surface area contributed by atoms with Gasteiger partial charge in [0.05, 0.1) is 0 Å². The lowest BCUT2D eigenvalue weighted by Crippen LogP contribution is -2.48. The summed E-state index contributed by atoms with van der Waals surface area (Å²) in [5.41, 5.74) is 5.46. The Morgan fingerprint density at radius 3 is 2.18 bits per heavy atom. The summed E-state index contributed by atoms with van der Waals surface area (Å²) in [7, 11) is 1.44. The summed E-state index contributed by atoms with van der Waals surface area (Å²) in [6.07, 6.45) is -1.61. The van der Waals surface area contributed by atoms with Gasteiger partial charge in [-0.3, -0.25) is 20.4 Å². The van der Waals surface area contributed by atoms with Crippen molar-refractivity contribution < 1.29 is 19.1 Å². The molecule has 3 aromatic rings. The van der Waals surface area contributed by atoms with Gasteiger partial charge in [-0.2, -0.15) is 0 Å². The summed E-state index contributed by atoms with van der Waals surface area (Å²) in [5.74, 6) is -0.365. The van der Waals surface area contributed by atoms with Crippen LogP contribution in [-0.2, 0) is 14.3 Å². The van der Waals surface area contributed by atoms with E-state index in [0.29, 0.717) is 11.3 Å². The van der Waals surface area contributed by atoms with Crippen LogP contribution in [0.3, 0.4) is 0 Å². The predicted octanol–water partition coefficient (Wildman–Crippen LogP) is 3.14. The van der Waals surface area contributed by atoms with Gasteiger partial charge in [0.2, 0.25) is 0 Å². The Bertz CT molecular complexity index is 959. The van der Waals surface area contributed by atoms with Gasteiger partial charge in [-0.15, -0.1) is 0 Å². The fourth-order valence-corrected chi connectivity index (χ4v) is 2.81. The largest absolute Gasteiger partial charge is 0.481 e. The van der Waals surface area contributed by atoms with Crippen LogP contribution < -0.4 is 15.6 Å². The molecule has 6 heteroatoms. The topological polar surface area (TPSA) is 76.7 Å². The minimum absolute atomic E-state index is 0.468. The fraction of sp³-hybridized carbons (Fsp3) is 0.182. The van der Waals surface area contributed by atoms with Crippen LogP contribution in [0.4, 0.5) is 0 Å². The molecule has 3 rings (SSSR count). The number of hydrazine groups is 1. The fourth-order valence-electron chi connectivity index (χ4n) is 2.81. The molecule has 6 nitrogen and oxygen atoms in total. The smallest absolute Gasteiger partial charge is 0.279 e. The number of nitrogens with one attached hydrogen (secondary N) is 2. The third kappa shape index (κ3) is 4.66. The standard InChI is InChI=1S/C22H22N2O4/c1-15(28-19-13-12-16-8-6-7-11-18(16)14-19)21(25)23-24-22(26)20(27-2)17-9-4-3-5-10-17/h3-15,20H,1-2H3,(H,23,25)(H,24,26). The van der Waals surface area contributed by atoms with Crippen LogP contribution in [0.15, 0.2) is 72.8 Å². The Labute approximate surface area is 163 Å². The van der Waals surface area contributed by atoms with Crippen molar-refractivity contribution in [3.8, 4) is 5.75 Å². The number of rotatable bonds is 6. The minimum Gasteiger partial charge on any atom is -0.481 e. The lowest BCUT2D eigenvalue weighted by Gasteiger charge is -2.18. The van der Waals surface area contributed by atoms with Crippen molar-refractivity contribution in [3.05, 3.63) is 78.4 Å². The summed E-state index contributed by atoms with van der Waals surface area (Å²) in [5, 5.41) is 2.11. The second-order valence-corrected chi connectivity index (χ2v) is 6.27. The molecular weight excluding hydrogens is 356 g/mol. The second-order valence-electron chi connectivity index (χ2n) is 6.27. The molecule has 0 radical (unpaired) electrons. The quantitative estimate of drug-likeness (QED) is 0.646. The number of fused-ring (bicyclic) bond motifs is 1. The molecule has 0 spiro atoms. The van der Waals surface area contributed by atoms with Gasteiger partial charge in [-0.1, -0.05) is 60.7 Å². The van der Waals surface area contributed by atoms with E-state index in [9.17, 15) is 9.59 Å². The Morgan fingerprint density at radius 1 is 0.821 bits per heavy atom. The first-order valence-electron chi connectivity index (χ1n) is 8.91. The monoisotopic (exact) mass is 378 g/mol. The molecule has 0 aliphatic carbocycles. The van der Waals surface area contributed by atoms with Crippen LogP contribution in [0, 0.1) is 0 Å². The lowest BCUT2D eigenvalue weighted by atomic mass is 10.1. The summed E-state index contributed by atoms with van der Waals surface area (Å²) in [6.45, 7) is 1.61. The van der Waals surface area contributed by atoms with Crippen molar-refractivity contribution in [2.75, 3.05) is 7.11 Å². The van der Waals surface area contributed by atoms with E-state index in [0.717, 1.165) is 10.8 Å². The molecule has 0 aromatic heterocycles. The maximum atomic E-state index is 12.3. The SMILES string of the molecule is COC(C(=O)NNC(=O)C(C)Oc1ccc2ccccc2c1)c1ccccc1. The molecule has 2 amide bonds. The molecule has 0 aliphatic rings. The highest BCUT2D eigenvalue weighted by Crippen LogP contribution is 2.21. The minimum atomic E-state index is -0.821. The van der Waals surface area contributed by atoms with Gasteiger partial charge in [-0.25, -0.2) is 0 Å².